The van der Waals surface area contributed by atoms with Crippen LogP contribution in [0.25, 0.3) is 0 Å². The maximum Gasteiger partial charge on any atom is 0.161 e. The molecule has 0 bridgehead atoms. The second kappa shape index (κ2) is 4.88. The van der Waals surface area contributed by atoms with Crippen LogP contribution in [0.5, 0.6) is 11.5 Å². The zero-order chi connectivity index (χ0) is 11.4. The molecule has 0 atom stereocenters. The molecular formula is C12H16N2O2. The average molecular weight is 220 g/mol. The molecule has 0 fully saturated rings. The Kier molecular flexibility index (Phi) is 3.29. The van der Waals surface area contributed by atoms with Gasteiger partial charge in [0.05, 0.1) is 20.8 Å². The summed E-state index contributed by atoms with van der Waals surface area (Å²) >= 11 is 0. The van der Waals surface area contributed by atoms with Crippen molar-refractivity contribution >= 4 is 5.84 Å². The largest absolute Gasteiger partial charge is 0.493 e. The number of methoxy groups -OCH3 is 2. The Bertz CT molecular complexity index is 402. The number of nitrogens with one attached hydrogen (secondary N) is 1. The summed E-state index contributed by atoms with van der Waals surface area (Å²) in [6.45, 7) is 1.82. The number of hydrogen-bond acceptors (Lipinski definition) is 4. The monoisotopic (exact) mass is 220 g/mol. The summed E-state index contributed by atoms with van der Waals surface area (Å²) in [5.74, 6) is 2.57. The van der Waals surface area contributed by atoms with Crippen LogP contribution >= 0.6 is 0 Å². The fourth-order valence-corrected chi connectivity index (χ4v) is 1.75. The number of aliphatic imine (C=N–C) groups is 1. The minimum atomic E-state index is 0.757. The lowest BCUT2D eigenvalue weighted by Gasteiger charge is -2.09. The topological polar surface area (TPSA) is 42.8 Å². The molecule has 1 aromatic rings. The first-order valence-corrected chi connectivity index (χ1v) is 5.31. The molecule has 0 unspecified atom stereocenters. The molecule has 4 nitrogen and oxygen atoms in total. The molecule has 86 valence electrons. The van der Waals surface area contributed by atoms with Crippen LogP contribution in [-0.4, -0.2) is 33.1 Å². The van der Waals surface area contributed by atoms with Crippen LogP contribution in [-0.2, 0) is 6.42 Å². The van der Waals surface area contributed by atoms with Gasteiger partial charge in [-0.25, -0.2) is 0 Å². The summed E-state index contributed by atoms with van der Waals surface area (Å²) in [4.78, 5) is 4.36. The van der Waals surface area contributed by atoms with Gasteiger partial charge in [0.2, 0.25) is 0 Å². The van der Waals surface area contributed by atoms with Gasteiger partial charge in [-0.2, -0.15) is 0 Å². The molecule has 0 aromatic heterocycles. The first kappa shape index (κ1) is 10.8. The van der Waals surface area contributed by atoms with Gasteiger partial charge < -0.3 is 14.8 Å². The van der Waals surface area contributed by atoms with Gasteiger partial charge in [-0.1, -0.05) is 6.07 Å². The van der Waals surface area contributed by atoms with Crippen molar-refractivity contribution < 1.29 is 9.47 Å². The van der Waals surface area contributed by atoms with Crippen molar-refractivity contribution in [3.8, 4) is 11.5 Å². The quantitative estimate of drug-likeness (QED) is 0.830. The lowest BCUT2D eigenvalue weighted by molar-refractivity contribution is 0.354. The molecule has 1 aromatic carbocycles. The van der Waals surface area contributed by atoms with Crippen LogP contribution in [0, 0.1) is 0 Å². The van der Waals surface area contributed by atoms with E-state index >= 15 is 0 Å². The fraction of sp³-hybridized carbons (Fsp3) is 0.417. The molecular weight excluding hydrogens is 204 g/mol. The molecule has 2 rings (SSSR count). The van der Waals surface area contributed by atoms with Gasteiger partial charge in [0.1, 0.15) is 5.84 Å². The molecule has 16 heavy (non-hydrogen) atoms. The highest BCUT2D eigenvalue weighted by Gasteiger charge is 2.09. The van der Waals surface area contributed by atoms with Crippen LogP contribution < -0.4 is 14.8 Å². The minimum absolute atomic E-state index is 0.757. The van der Waals surface area contributed by atoms with E-state index < -0.39 is 0 Å². The van der Waals surface area contributed by atoms with E-state index in [-0.39, 0.29) is 0 Å². The summed E-state index contributed by atoms with van der Waals surface area (Å²) in [5, 5.41) is 3.25. The van der Waals surface area contributed by atoms with E-state index in [2.05, 4.69) is 10.3 Å². The fourth-order valence-electron chi connectivity index (χ4n) is 1.75. The third kappa shape index (κ3) is 2.27. The summed E-state index contributed by atoms with van der Waals surface area (Å²) in [6.07, 6.45) is 0.820. The first-order chi connectivity index (χ1) is 7.83. The van der Waals surface area contributed by atoms with E-state index in [0.29, 0.717) is 0 Å². The van der Waals surface area contributed by atoms with Crippen LogP contribution in [0.3, 0.4) is 0 Å². The molecule has 0 saturated heterocycles. The molecule has 1 heterocycles. The lowest BCUT2D eigenvalue weighted by atomic mass is 10.1. The second-order valence-corrected chi connectivity index (χ2v) is 3.62. The van der Waals surface area contributed by atoms with E-state index in [0.717, 1.165) is 36.8 Å². The Balaban J connectivity index is 2.15. The molecule has 4 heteroatoms. The van der Waals surface area contributed by atoms with Gasteiger partial charge >= 0.3 is 0 Å². The van der Waals surface area contributed by atoms with Gasteiger partial charge in [0, 0.05) is 13.0 Å². The van der Waals surface area contributed by atoms with Crippen LogP contribution in [0.4, 0.5) is 0 Å². The molecule has 1 aliphatic heterocycles. The maximum absolute atomic E-state index is 5.26. The van der Waals surface area contributed by atoms with Crippen LogP contribution in [0.15, 0.2) is 23.2 Å². The molecule has 1 N–H and O–H groups in total. The van der Waals surface area contributed by atoms with Crippen molar-refractivity contribution in [2.45, 2.75) is 6.42 Å². The summed E-state index contributed by atoms with van der Waals surface area (Å²) in [5.41, 5.74) is 1.17. The van der Waals surface area contributed by atoms with Gasteiger partial charge in [0.15, 0.2) is 11.5 Å². The van der Waals surface area contributed by atoms with Crippen molar-refractivity contribution in [3.63, 3.8) is 0 Å². The number of rotatable bonds is 4. The Labute approximate surface area is 95.3 Å². The van der Waals surface area contributed by atoms with Gasteiger partial charge in [-0.3, -0.25) is 4.99 Å². The highest BCUT2D eigenvalue weighted by Crippen LogP contribution is 2.27. The number of hydrogen-bond donors (Lipinski definition) is 1. The Hall–Kier alpha value is -1.71. The minimum Gasteiger partial charge on any atom is -0.493 e. The Morgan fingerprint density at radius 1 is 1.25 bits per heavy atom. The van der Waals surface area contributed by atoms with Crippen LogP contribution in [0.2, 0.25) is 0 Å². The van der Waals surface area contributed by atoms with E-state index in [4.69, 9.17) is 9.47 Å². The van der Waals surface area contributed by atoms with Gasteiger partial charge in [-0.15, -0.1) is 0 Å². The zero-order valence-electron chi connectivity index (χ0n) is 9.62. The van der Waals surface area contributed by atoms with Crippen molar-refractivity contribution in [3.05, 3.63) is 23.8 Å². The zero-order valence-corrected chi connectivity index (χ0v) is 9.62. The van der Waals surface area contributed by atoms with E-state index in [1.807, 2.05) is 18.2 Å². The number of ether oxygens (including phenoxy) is 2. The van der Waals surface area contributed by atoms with Gasteiger partial charge in [0.25, 0.3) is 0 Å². The smallest absolute Gasteiger partial charge is 0.161 e. The molecule has 0 aliphatic carbocycles. The van der Waals surface area contributed by atoms with Crippen LogP contribution in [0.1, 0.15) is 5.56 Å². The predicted molar refractivity (Wildman–Crippen MR) is 63.6 cm³/mol. The maximum atomic E-state index is 5.26. The highest BCUT2D eigenvalue weighted by atomic mass is 16.5. The Morgan fingerprint density at radius 2 is 2.06 bits per heavy atom. The molecule has 0 spiro atoms. The number of benzene rings is 1. The molecule has 1 aliphatic rings. The van der Waals surface area contributed by atoms with E-state index in [9.17, 15) is 0 Å². The van der Waals surface area contributed by atoms with Crippen molar-refractivity contribution in [2.24, 2.45) is 4.99 Å². The summed E-state index contributed by atoms with van der Waals surface area (Å²) < 4.78 is 10.4. The van der Waals surface area contributed by atoms with E-state index in [1.54, 1.807) is 14.2 Å². The third-order valence-corrected chi connectivity index (χ3v) is 2.56. The normalized spacial score (nSPS) is 14.2. The number of nitrogens with zero attached hydrogens (tertiary/aromatic N) is 1. The molecule has 0 saturated carbocycles. The molecule has 0 radical (unpaired) electrons. The average Bonchev–Trinajstić information content (AvgIpc) is 2.81. The third-order valence-electron chi connectivity index (χ3n) is 2.56. The predicted octanol–water partition coefficient (Wildman–Crippen LogP) is 1.25. The van der Waals surface area contributed by atoms with Crippen molar-refractivity contribution in [1.29, 1.82) is 0 Å². The highest BCUT2D eigenvalue weighted by molar-refractivity contribution is 5.85. The lowest BCUT2D eigenvalue weighted by Crippen LogP contribution is -2.20. The summed E-state index contributed by atoms with van der Waals surface area (Å²) in [6, 6.07) is 5.94. The molecule has 0 amide bonds. The first-order valence-electron chi connectivity index (χ1n) is 5.31. The van der Waals surface area contributed by atoms with Gasteiger partial charge in [-0.05, 0) is 17.7 Å². The second-order valence-electron chi connectivity index (χ2n) is 3.62. The Morgan fingerprint density at radius 3 is 2.69 bits per heavy atom. The number of amidine groups is 1. The van der Waals surface area contributed by atoms with E-state index in [1.165, 1.54) is 5.56 Å². The standard InChI is InChI=1S/C12H16N2O2/c1-15-10-4-3-9(7-11(10)16-2)8-12-13-5-6-14-12/h3-4,7H,5-6,8H2,1-2H3,(H,13,14). The SMILES string of the molecule is COc1ccc(CC2=NCCN2)cc1OC. The van der Waals surface area contributed by atoms with Crippen molar-refractivity contribution in [1.82, 2.24) is 5.32 Å². The van der Waals surface area contributed by atoms with Crippen molar-refractivity contribution in [2.75, 3.05) is 27.3 Å². The summed E-state index contributed by atoms with van der Waals surface area (Å²) in [7, 11) is 3.28.